The van der Waals surface area contributed by atoms with Crippen LogP contribution in [0.25, 0.3) is 0 Å². The van der Waals surface area contributed by atoms with Crippen molar-refractivity contribution in [1.82, 2.24) is 24.9 Å². The maximum atomic E-state index is 12.8. The summed E-state index contributed by atoms with van der Waals surface area (Å²) in [4.78, 5) is 24.0. The molecule has 0 spiro atoms. The Morgan fingerprint density at radius 1 is 1.28 bits per heavy atom. The molecule has 2 fully saturated rings. The Balaban J connectivity index is 1.66. The second-order valence-corrected chi connectivity index (χ2v) is 7.99. The number of rotatable bonds is 6. The normalized spacial score (nSPS) is 20.4. The van der Waals surface area contributed by atoms with E-state index in [1.54, 1.807) is 15.8 Å². The van der Waals surface area contributed by atoms with Crippen molar-refractivity contribution in [3.63, 3.8) is 0 Å². The second kappa shape index (κ2) is 10.1. The summed E-state index contributed by atoms with van der Waals surface area (Å²) in [6.07, 6.45) is 3.62. The van der Waals surface area contributed by atoms with Crippen molar-refractivity contribution in [2.45, 2.75) is 26.8 Å². The van der Waals surface area contributed by atoms with Crippen LogP contribution in [-0.4, -0.2) is 96.5 Å². The topological polar surface area (TPSA) is 78.2 Å². The van der Waals surface area contributed by atoms with Gasteiger partial charge in [-0.05, 0) is 12.8 Å². The molecule has 9 heteroatoms. The highest BCUT2D eigenvalue weighted by Crippen LogP contribution is 2.17. The van der Waals surface area contributed by atoms with Gasteiger partial charge in [0.15, 0.2) is 5.96 Å². The number of ether oxygens (including phenoxy) is 1. The third-order valence-corrected chi connectivity index (χ3v) is 5.57. The Morgan fingerprint density at radius 3 is 2.62 bits per heavy atom. The van der Waals surface area contributed by atoms with Gasteiger partial charge in [-0.1, -0.05) is 13.8 Å². The second-order valence-electron chi connectivity index (χ2n) is 7.99. The number of piperazine rings is 1. The number of nitrogens with one attached hydrogen (secondary N) is 1. The summed E-state index contributed by atoms with van der Waals surface area (Å²) in [5.74, 6) is 1.40. The lowest BCUT2D eigenvalue weighted by Crippen LogP contribution is -2.55. The van der Waals surface area contributed by atoms with Crippen LogP contribution in [0.1, 0.15) is 20.8 Å². The highest BCUT2D eigenvalue weighted by molar-refractivity contribution is 5.98. The third-order valence-electron chi connectivity index (χ3n) is 5.57. The lowest BCUT2D eigenvalue weighted by atomic mass is 10.0. The van der Waals surface area contributed by atoms with E-state index in [-0.39, 0.29) is 5.91 Å². The molecule has 3 rings (SSSR count). The van der Waals surface area contributed by atoms with E-state index < -0.39 is 0 Å². The summed E-state index contributed by atoms with van der Waals surface area (Å²) in [6.45, 7) is 13.2. The standard InChI is InChI=1S/C20H35N7O2/c1-5-21-20(22-13-18(16(2)3)25-8-10-29-11-9-25)26-6-7-27(19(28)15-26)17-12-23-24(4)14-17/h12,14,16,18H,5-11,13,15H2,1-4H3,(H,21,22). The molecule has 1 unspecified atom stereocenters. The van der Waals surface area contributed by atoms with Gasteiger partial charge >= 0.3 is 0 Å². The number of anilines is 1. The first-order valence-corrected chi connectivity index (χ1v) is 10.6. The Labute approximate surface area is 173 Å². The molecule has 0 saturated carbocycles. The minimum Gasteiger partial charge on any atom is -0.379 e. The Hall–Kier alpha value is -2.13. The maximum absolute atomic E-state index is 12.8. The predicted octanol–water partition coefficient (Wildman–Crippen LogP) is 0.391. The summed E-state index contributed by atoms with van der Waals surface area (Å²) in [6, 6.07) is 0.375. The van der Waals surface area contributed by atoms with Crippen LogP contribution in [0.5, 0.6) is 0 Å². The van der Waals surface area contributed by atoms with Gasteiger partial charge in [0.25, 0.3) is 0 Å². The number of hydrogen-bond donors (Lipinski definition) is 1. The molecule has 2 saturated heterocycles. The van der Waals surface area contributed by atoms with E-state index in [0.717, 1.165) is 57.6 Å². The summed E-state index contributed by atoms with van der Waals surface area (Å²) in [7, 11) is 1.86. The first-order chi connectivity index (χ1) is 14.0. The van der Waals surface area contributed by atoms with Crippen LogP contribution in [-0.2, 0) is 16.6 Å². The van der Waals surface area contributed by atoms with Gasteiger partial charge in [0.05, 0.1) is 31.6 Å². The Kier molecular flexibility index (Phi) is 7.49. The Morgan fingerprint density at radius 2 is 2.03 bits per heavy atom. The van der Waals surface area contributed by atoms with Crippen molar-refractivity contribution >= 4 is 17.6 Å². The van der Waals surface area contributed by atoms with E-state index in [0.29, 0.717) is 25.0 Å². The molecule has 1 aromatic heterocycles. The number of amides is 1. The fourth-order valence-corrected chi connectivity index (χ4v) is 3.94. The molecule has 1 atom stereocenters. The number of aromatic nitrogens is 2. The van der Waals surface area contributed by atoms with E-state index in [9.17, 15) is 4.79 Å². The number of guanidine groups is 1. The number of nitrogens with zero attached hydrogens (tertiary/aromatic N) is 6. The number of carbonyl (C=O) groups is 1. The SMILES string of the molecule is CCNC(=NCC(C(C)C)N1CCOCC1)N1CCN(c2cnn(C)c2)C(=O)C1. The summed E-state index contributed by atoms with van der Waals surface area (Å²) in [5, 5.41) is 7.55. The molecule has 2 aliphatic heterocycles. The fourth-order valence-electron chi connectivity index (χ4n) is 3.94. The molecule has 3 heterocycles. The average Bonchev–Trinajstić information content (AvgIpc) is 3.14. The zero-order valence-electron chi connectivity index (χ0n) is 18.2. The van der Waals surface area contributed by atoms with Crippen molar-refractivity contribution in [2.24, 2.45) is 18.0 Å². The average molecular weight is 406 g/mol. The quantitative estimate of drug-likeness (QED) is 0.545. The monoisotopic (exact) mass is 405 g/mol. The van der Waals surface area contributed by atoms with Crippen LogP contribution in [0.15, 0.2) is 17.4 Å². The number of hydrogen-bond acceptors (Lipinski definition) is 5. The molecule has 0 aliphatic carbocycles. The van der Waals surface area contributed by atoms with E-state index >= 15 is 0 Å². The molecule has 0 radical (unpaired) electrons. The highest BCUT2D eigenvalue weighted by Gasteiger charge is 2.29. The third kappa shape index (κ3) is 5.48. The molecule has 1 N–H and O–H groups in total. The summed E-state index contributed by atoms with van der Waals surface area (Å²) >= 11 is 0. The highest BCUT2D eigenvalue weighted by atomic mass is 16.5. The number of aliphatic imine (C=N–C) groups is 1. The van der Waals surface area contributed by atoms with Gasteiger partial charge in [-0.3, -0.25) is 19.4 Å². The van der Waals surface area contributed by atoms with Crippen LogP contribution in [0.3, 0.4) is 0 Å². The molecule has 0 bridgehead atoms. The lowest BCUT2D eigenvalue weighted by Gasteiger charge is -2.37. The first kappa shape index (κ1) is 21.6. The molecule has 1 amide bonds. The van der Waals surface area contributed by atoms with Gasteiger partial charge < -0.3 is 19.9 Å². The van der Waals surface area contributed by atoms with E-state index in [1.165, 1.54) is 0 Å². The van der Waals surface area contributed by atoms with E-state index in [2.05, 4.69) is 41.0 Å². The molecular formula is C20H35N7O2. The van der Waals surface area contributed by atoms with Gasteiger partial charge in [0.1, 0.15) is 6.54 Å². The summed E-state index contributed by atoms with van der Waals surface area (Å²) < 4.78 is 7.22. The van der Waals surface area contributed by atoms with Gasteiger partial charge in [-0.2, -0.15) is 5.10 Å². The van der Waals surface area contributed by atoms with Crippen molar-refractivity contribution in [3.05, 3.63) is 12.4 Å². The first-order valence-electron chi connectivity index (χ1n) is 10.6. The smallest absolute Gasteiger partial charge is 0.246 e. The zero-order chi connectivity index (χ0) is 20.8. The predicted molar refractivity (Wildman–Crippen MR) is 114 cm³/mol. The molecular weight excluding hydrogens is 370 g/mol. The van der Waals surface area contributed by atoms with Crippen molar-refractivity contribution in [3.8, 4) is 0 Å². The largest absolute Gasteiger partial charge is 0.379 e. The zero-order valence-corrected chi connectivity index (χ0v) is 18.2. The number of aryl methyl sites for hydroxylation is 1. The molecule has 2 aliphatic rings. The van der Waals surface area contributed by atoms with E-state index in [1.807, 2.05) is 13.2 Å². The van der Waals surface area contributed by atoms with Crippen LogP contribution >= 0.6 is 0 Å². The van der Waals surface area contributed by atoms with Gasteiger partial charge in [-0.25, -0.2) is 0 Å². The van der Waals surface area contributed by atoms with Gasteiger partial charge in [0, 0.05) is 52.0 Å². The lowest BCUT2D eigenvalue weighted by molar-refractivity contribution is -0.120. The maximum Gasteiger partial charge on any atom is 0.246 e. The van der Waals surface area contributed by atoms with E-state index in [4.69, 9.17) is 9.73 Å². The molecule has 1 aromatic rings. The molecule has 0 aromatic carbocycles. The van der Waals surface area contributed by atoms with Crippen LogP contribution in [0.2, 0.25) is 0 Å². The van der Waals surface area contributed by atoms with Crippen LogP contribution < -0.4 is 10.2 Å². The molecule has 9 nitrogen and oxygen atoms in total. The number of morpholine rings is 1. The van der Waals surface area contributed by atoms with Gasteiger partial charge in [-0.15, -0.1) is 0 Å². The van der Waals surface area contributed by atoms with Crippen molar-refractivity contribution < 1.29 is 9.53 Å². The minimum absolute atomic E-state index is 0.0726. The fraction of sp³-hybridized carbons (Fsp3) is 0.750. The molecule has 29 heavy (non-hydrogen) atoms. The minimum atomic E-state index is 0.0726. The van der Waals surface area contributed by atoms with Gasteiger partial charge in [0.2, 0.25) is 5.91 Å². The van der Waals surface area contributed by atoms with Crippen molar-refractivity contribution in [1.29, 1.82) is 0 Å². The number of carbonyl (C=O) groups excluding carboxylic acids is 1. The van der Waals surface area contributed by atoms with Crippen LogP contribution in [0.4, 0.5) is 5.69 Å². The summed E-state index contributed by atoms with van der Waals surface area (Å²) in [5.41, 5.74) is 0.853. The molecule has 162 valence electrons. The Bertz CT molecular complexity index is 697. The van der Waals surface area contributed by atoms with Crippen LogP contribution in [0, 0.1) is 5.92 Å². The van der Waals surface area contributed by atoms with Crippen molar-refractivity contribution in [2.75, 3.05) is 63.9 Å².